The smallest absolute Gasteiger partial charge is 0.303 e. The van der Waals surface area contributed by atoms with E-state index in [9.17, 15) is 14.7 Å². The summed E-state index contributed by atoms with van der Waals surface area (Å²) in [6.45, 7) is 2.69. The zero-order chi connectivity index (χ0) is 26.8. The molecule has 4 nitrogen and oxygen atoms in total. The molecule has 38 heavy (non-hydrogen) atoms. The van der Waals surface area contributed by atoms with Gasteiger partial charge in [0.15, 0.2) is 5.78 Å². The van der Waals surface area contributed by atoms with Gasteiger partial charge in [0, 0.05) is 32.2 Å². The van der Waals surface area contributed by atoms with E-state index in [0.717, 1.165) is 42.3 Å². The lowest BCUT2D eigenvalue weighted by molar-refractivity contribution is -0.138. The Morgan fingerprint density at radius 2 is 1.87 bits per heavy atom. The molecular weight excluding hydrogens is 582 g/mol. The highest BCUT2D eigenvalue weighted by Gasteiger charge is 2.30. The Hall–Kier alpha value is -2.67. The van der Waals surface area contributed by atoms with Crippen molar-refractivity contribution in [1.29, 1.82) is 0 Å². The fraction of sp³-hybridized carbons (Fsp3) is 0.290. The lowest BCUT2D eigenvalue weighted by Gasteiger charge is -2.26. The molecule has 2 heterocycles. The maximum Gasteiger partial charge on any atom is 0.303 e. The molecule has 0 spiro atoms. The number of fused-ring (bicyclic) bond motifs is 3. The Kier molecular flexibility index (Phi) is 8.22. The van der Waals surface area contributed by atoms with Crippen molar-refractivity contribution in [1.82, 2.24) is 0 Å². The van der Waals surface area contributed by atoms with Crippen LogP contribution in [0.2, 0.25) is 5.02 Å². The van der Waals surface area contributed by atoms with Gasteiger partial charge >= 0.3 is 5.97 Å². The second kappa shape index (κ2) is 11.6. The molecule has 2 aliphatic rings. The number of benzene rings is 2. The van der Waals surface area contributed by atoms with Crippen molar-refractivity contribution in [2.45, 2.75) is 38.5 Å². The molecule has 0 bridgehead atoms. The molecule has 2 N–H and O–H groups in total. The highest BCUT2D eigenvalue weighted by atomic mass is 79.9. The number of hydrogen-bond acceptors (Lipinski definition) is 4. The van der Waals surface area contributed by atoms with Gasteiger partial charge in [0.1, 0.15) is 0 Å². The van der Waals surface area contributed by atoms with Gasteiger partial charge in [-0.05, 0) is 71.6 Å². The fourth-order valence-corrected chi connectivity index (χ4v) is 7.09. The summed E-state index contributed by atoms with van der Waals surface area (Å²) in [4.78, 5) is 26.1. The molecule has 5 rings (SSSR count). The number of thiophene rings is 1. The third-order valence-electron chi connectivity index (χ3n) is 7.55. The first-order chi connectivity index (χ1) is 18.3. The number of carbonyl (C=O) groups is 2. The van der Waals surface area contributed by atoms with Crippen molar-refractivity contribution < 1.29 is 14.7 Å². The predicted molar refractivity (Wildman–Crippen MR) is 160 cm³/mol. The number of anilines is 1. The molecule has 0 saturated heterocycles. The van der Waals surface area contributed by atoms with Crippen LogP contribution in [0.4, 0.5) is 5.69 Å². The molecule has 0 fully saturated rings. The monoisotopic (exact) mass is 609 g/mol. The molecule has 7 heteroatoms. The largest absolute Gasteiger partial charge is 0.481 e. The number of carboxylic acids is 1. The van der Waals surface area contributed by atoms with Gasteiger partial charge in [0.05, 0.1) is 17.0 Å². The fourth-order valence-electron chi connectivity index (χ4n) is 5.52. The summed E-state index contributed by atoms with van der Waals surface area (Å²) >= 11 is 11.2. The normalized spacial score (nSPS) is 21.5. The van der Waals surface area contributed by atoms with Crippen molar-refractivity contribution in [3.8, 4) is 0 Å². The van der Waals surface area contributed by atoms with E-state index in [4.69, 9.17) is 11.6 Å². The van der Waals surface area contributed by atoms with Crippen LogP contribution >= 0.6 is 38.9 Å². The van der Waals surface area contributed by atoms with E-state index in [1.165, 1.54) is 5.57 Å². The maximum atomic E-state index is 13.5. The number of ketones is 1. The molecule has 3 aromatic rings. The molecule has 3 unspecified atom stereocenters. The summed E-state index contributed by atoms with van der Waals surface area (Å²) in [7, 11) is 0. The molecule has 3 atom stereocenters. The van der Waals surface area contributed by atoms with Crippen molar-refractivity contribution >= 4 is 74.0 Å². The summed E-state index contributed by atoms with van der Waals surface area (Å²) < 4.78 is 2.06. The van der Waals surface area contributed by atoms with Crippen LogP contribution in [0.5, 0.6) is 0 Å². The summed E-state index contributed by atoms with van der Waals surface area (Å²) in [5, 5.41) is 15.0. The Bertz CT molecular complexity index is 1510. The Morgan fingerprint density at radius 3 is 2.58 bits per heavy atom. The van der Waals surface area contributed by atoms with E-state index in [1.807, 2.05) is 48.5 Å². The van der Waals surface area contributed by atoms with Gasteiger partial charge in [-0.15, -0.1) is 11.3 Å². The number of Topliss-reactive ketones (excluding diaryl/α,β-unsaturated/α-hetero) is 1. The summed E-state index contributed by atoms with van der Waals surface area (Å²) in [6, 6.07) is 15.9. The van der Waals surface area contributed by atoms with Crippen molar-refractivity contribution in [2.75, 3.05) is 11.9 Å². The number of carboxylic acid groups (broad SMARTS) is 1. The molecule has 2 aromatic carbocycles. The molecule has 0 radical (unpaired) electrons. The van der Waals surface area contributed by atoms with Crippen molar-refractivity contribution in [3.05, 3.63) is 89.9 Å². The number of halogens is 2. The van der Waals surface area contributed by atoms with Gasteiger partial charge in [-0.1, -0.05) is 76.9 Å². The minimum Gasteiger partial charge on any atom is -0.481 e. The van der Waals surface area contributed by atoms with E-state index in [2.05, 4.69) is 46.4 Å². The molecule has 0 saturated carbocycles. The second-order valence-corrected chi connectivity index (χ2v) is 12.5. The van der Waals surface area contributed by atoms with E-state index in [-0.39, 0.29) is 24.0 Å². The molecule has 196 valence electrons. The first-order valence-corrected chi connectivity index (χ1v) is 14.8. The highest BCUT2D eigenvalue weighted by Crippen LogP contribution is 2.36. The molecule has 0 amide bonds. The Labute approximate surface area is 239 Å². The zero-order valence-electron chi connectivity index (χ0n) is 21.0. The van der Waals surface area contributed by atoms with E-state index in [0.29, 0.717) is 30.3 Å². The average molecular weight is 611 g/mol. The Morgan fingerprint density at radius 1 is 1.13 bits per heavy atom. The van der Waals surface area contributed by atoms with Gasteiger partial charge in [-0.2, -0.15) is 0 Å². The standard InChI is InChI=1S/C31H29BrClNO3S/c1-18-2-15-28-26(12-11-24(18)19-5-9-23(33)10-6-19)30-31(38-28)27(35)14-13-25(20-3-7-22(32)8-4-20)21(17-34-30)16-29(36)37/h3-12,15,18,21,25,34H,2,13-14,16-17H2,1H3,(H,36,37). The van der Waals surface area contributed by atoms with E-state index in [1.54, 1.807) is 11.3 Å². The van der Waals surface area contributed by atoms with Crippen LogP contribution in [0, 0.1) is 11.8 Å². The SMILES string of the molecule is CC1CC=c2sc3c(c2=CC=C1c1ccc(Cl)cc1)NCC(CC(=O)O)C(c1ccc(Br)cc1)CCC3=O. The van der Waals surface area contributed by atoms with Gasteiger partial charge in [-0.25, -0.2) is 0 Å². The first-order valence-electron chi connectivity index (χ1n) is 12.9. The summed E-state index contributed by atoms with van der Waals surface area (Å²) in [5.41, 5.74) is 4.25. The van der Waals surface area contributed by atoms with Gasteiger partial charge in [-0.3, -0.25) is 9.59 Å². The second-order valence-electron chi connectivity index (χ2n) is 10.1. The number of nitrogens with one attached hydrogen (secondary N) is 1. The molecule has 1 aliphatic heterocycles. The van der Waals surface area contributed by atoms with Crippen LogP contribution < -0.4 is 15.1 Å². The summed E-state index contributed by atoms with van der Waals surface area (Å²) in [6.07, 6.45) is 8.40. The quantitative estimate of drug-likeness (QED) is 0.330. The average Bonchev–Trinajstić information content (AvgIpc) is 3.24. The van der Waals surface area contributed by atoms with Gasteiger partial charge in [0.2, 0.25) is 0 Å². The van der Waals surface area contributed by atoms with E-state index < -0.39 is 5.97 Å². The number of carbonyl (C=O) groups excluding carboxylic acids is 1. The van der Waals surface area contributed by atoms with Crippen LogP contribution in [0.3, 0.4) is 0 Å². The highest BCUT2D eigenvalue weighted by molar-refractivity contribution is 9.10. The van der Waals surface area contributed by atoms with Gasteiger partial charge in [0.25, 0.3) is 0 Å². The number of rotatable bonds is 4. The molecule has 1 aliphatic carbocycles. The third kappa shape index (κ3) is 5.83. The van der Waals surface area contributed by atoms with Crippen LogP contribution in [0.1, 0.15) is 59.3 Å². The number of aliphatic carboxylic acids is 1. The predicted octanol–water partition coefficient (Wildman–Crippen LogP) is 7.11. The number of hydrogen-bond donors (Lipinski definition) is 2. The lowest BCUT2D eigenvalue weighted by atomic mass is 9.80. The van der Waals surface area contributed by atoms with Crippen LogP contribution in [0.25, 0.3) is 17.7 Å². The first kappa shape index (κ1) is 26.9. The minimum atomic E-state index is -0.824. The van der Waals surface area contributed by atoms with E-state index >= 15 is 0 Å². The van der Waals surface area contributed by atoms with Gasteiger partial charge < -0.3 is 10.4 Å². The van der Waals surface area contributed by atoms with Crippen molar-refractivity contribution in [2.24, 2.45) is 11.8 Å². The lowest BCUT2D eigenvalue weighted by Crippen LogP contribution is -2.28. The minimum absolute atomic E-state index is 0.0285. The molecular formula is C31H29BrClNO3S. The number of allylic oxidation sites excluding steroid dienone is 2. The van der Waals surface area contributed by atoms with Crippen LogP contribution in [-0.2, 0) is 4.79 Å². The summed E-state index contributed by atoms with van der Waals surface area (Å²) in [5.74, 6) is -0.586. The third-order valence-corrected chi connectivity index (χ3v) is 9.57. The van der Waals surface area contributed by atoms with Crippen LogP contribution in [-0.4, -0.2) is 23.4 Å². The van der Waals surface area contributed by atoms with Crippen LogP contribution in [0.15, 0.2) is 59.1 Å². The maximum absolute atomic E-state index is 13.5. The molecule has 1 aromatic heterocycles. The topological polar surface area (TPSA) is 66.4 Å². The van der Waals surface area contributed by atoms with Crippen molar-refractivity contribution in [3.63, 3.8) is 0 Å². The zero-order valence-corrected chi connectivity index (χ0v) is 24.2. The Balaban J connectivity index is 1.56.